The predicted molar refractivity (Wildman–Crippen MR) is 152 cm³/mol. The monoisotopic (exact) mass is 629 g/mol. The van der Waals surface area contributed by atoms with E-state index in [0.717, 1.165) is 11.0 Å². The number of benzene rings is 3. The highest BCUT2D eigenvalue weighted by molar-refractivity contribution is 7.92. The lowest BCUT2D eigenvalue weighted by molar-refractivity contribution is -0.139. The van der Waals surface area contributed by atoms with E-state index in [1.54, 1.807) is 30.3 Å². The van der Waals surface area contributed by atoms with E-state index in [2.05, 4.69) is 5.32 Å². The van der Waals surface area contributed by atoms with Gasteiger partial charge < -0.3 is 10.2 Å². The maximum absolute atomic E-state index is 13.9. The van der Waals surface area contributed by atoms with E-state index in [4.69, 9.17) is 23.2 Å². The number of nitrogens with one attached hydrogen (secondary N) is 1. The van der Waals surface area contributed by atoms with Crippen molar-refractivity contribution in [3.8, 4) is 0 Å². The van der Waals surface area contributed by atoms with Gasteiger partial charge >= 0.3 is 6.18 Å². The first-order valence-corrected chi connectivity index (χ1v) is 14.7. The number of rotatable bonds is 11. The smallest absolute Gasteiger partial charge is 0.354 e. The lowest BCUT2D eigenvalue weighted by Crippen LogP contribution is -2.51. The van der Waals surface area contributed by atoms with Crippen molar-refractivity contribution in [1.82, 2.24) is 10.2 Å². The number of hydrogen-bond acceptors (Lipinski definition) is 4. The van der Waals surface area contributed by atoms with Crippen molar-refractivity contribution >= 4 is 50.7 Å². The van der Waals surface area contributed by atoms with E-state index in [1.807, 2.05) is 6.92 Å². The second-order valence-corrected chi connectivity index (χ2v) is 11.7. The Balaban J connectivity index is 2.12. The molecule has 220 valence electrons. The van der Waals surface area contributed by atoms with Crippen LogP contribution in [0.3, 0.4) is 0 Å². The van der Waals surface area contributed by atoms with Gasteiger partial charge in [-0.05, 0) is 55.3 Å². The van der Waals surface area contributed by atoms with E-state index < -0.39 is 51.9 Å². The van der Waals surface area contributed by atoms with Gasteiger partial charge in [0.05, 0.1) is 21.2 Å². The summed E-state index contributed by atoms with van der Waals surface area (Å²) in [5.41, 5.74) is -1.22. The Labute approximate surface area is 246 Å². The van der Waals surface area contributed by atoms with Crippen LogP contribution in [-0.2, 0) is 32.3 Å². The predicted octanol–water partition coefficient (Wildman–Crippen LogP) is 6.15. The molecule has 0 spiro atoms. The van der Waals surface area contributed by atoms with E-state index in [1.165, 1.54) is 31.2 Å². The largest absolute Gasteiger partial charge is 0.416 e. The highest BCUT2D eigenvalue weighted by atomic mass is 35.5. The number of halogens is 5. The molecule has 7 nitrogen and oxygen atoms in total. The van der Waals surface area contributed by atoms with E-state index in [0.29, 0.717) is 40.0 Å². The number of amides is 2. The van der Waals surface area contributed by atoms with E-state index >= 15 is 0 Å². The van der Waals surface area contributed by atoms with Crippen molar-refractivity contribution in [2.75, 3.05) is 17.4 Å². The minimum absolute atomic E-state index is 0.172. The van der Waals surface area contributed by atoms with Gasteiger partial charge in [-0.2, -0.15) is 13.2 Å². The number of hydrogen-bond donors (Lipinski definition) is 1. The number of nitrogens with zero attached hydrogens (tertiary/aromatic N) is 2. The molecule has 3 aromatic carbocycles. The van der Waals surface area contributed by atoms with E-state index in [9.17, 15) is 31.2 Å². The van der Waals surface area contributed by atoms with Gasteiger partial charge in [-0.15, -0.1) is 0 Å². The van der Waals surface area contributed by atoms with Crippen molar-refractivity contribution in [1.29, 1.82) is 0 Å². The van der Waals surface area contributed by atoms with Gasteiger partial charge in [0.25, 0.3) is 10.0 Å². The lowest BCUT2D eigenvalue weighted by Gasteiger charge is -2.32. The molecule has 2 amide bonds. The minimum Gasteiger partial charge on any atom is -0.354 e. The van der Waals surface area contributed by atoms with Crippen molar-refractivity contribution in [2.24, 2.45) is 0 Å². The standard InChI is InChI=1S/C28H28Cl2F3N3O4S/c1-3-15-34-27(38)19(2)35(17-20-9-7-8-12-23(20)29)26(37)18-36(41(39,40)22-10-5-4-6-11-22)25-16-21(28(31,32)33)13-14-24(25)30/h4-14,16,19H,3,15,17-18H2,1-2H3,(H,34,38). The summed E-state index contributed by atoms with van der Waals surface area (Å²) in [7, 11) is -4.60. The molecule has 41 heavy (non-hydrogen) atoms. The Morgan fingerprint density at radius 2 is 1.59 bits per heavy atom. The molecule has 13 heteroatoms. The second kappa shape index (κ2) is 13.6. The minimum atomic E-state index is -4.81. The normalized spacial score (nSPS) is 12.5. The molecule has 3 rings (SSSR count). The summed E-state index contributed by atoms with van der Waals surface area (Å²) in [4.78, 5) is 27.6. The molecule has 1 N–H and O–H groups in total. The molecule has 3 aromatic rings. The summed E-state index contributed by atoms with van der Waals surface area (Å²) in [6, 6.07) is 14.6. The second-order valence-electron chi connectivity index (χ2n) is 9.07. The first-order valence-electron chi connectivity index (χ1n) is 12.5. The number of carbonyl (C=O) groups is 2. The van der Waals surface area contributed by atoms with Crippen molar-refractivity contribution < 1.29 is 31.2 Å². The van der Waals surface area contributed by atoms with Gasteiger partial charge in [-0.25, -0.2) is 8.42 Å². The molecule has 0 aromatic heterocycles. The SMILES string of the molecule is CCCNC(=O)C(C)N(Cc1ccccc1Cl)C(=O)CN(c1cc(C(F)(F)F)ccc1Cl)S(=O)(=O)c1ccccc1. The van der Waals surface area contributed by atoms with Gasteiger partial charge in [0.1, 0.15) is 12.6 Å². The maximum Gasteiger partial charge on any atom is 0.416 e. The first kappa shape index (κ1) is 32.2. The fraction of sp³-hybridized carbons (Fsp3) is 0.286. The van der Waals surface area contributed by atoms with Crippen LogP contribution in [-0.4, -0.2) is 44.3 Å². The van der Waals surface area contributed by atoms with Crippen molar-refractivity contribution in [3.63, 3.8) is 0 Å². The molecule has 0 aliphatic rings. The highest BCUT2D eigenvalue weighted by Crippen LogP contribution is 2.37. The quantitative estimate of drug-likeness (QED) is 0.276. The van der Waals surface area contributed by atoms with Gasteiger partial charge in [0.15, 0.2) is 0 Å². The molecule has 0 radical (unpaired) electrons. The third kappa shape index (κ3) is 7.93. The Bertz CT molecular complexity index is 1490. The van der Waals surface area contributed by atoms with E-state index in [-0.39, 0.29) is 16.5 Å². The summed E-state index contributed by atoms with van der Waals surface area (Å²) in [5, 5.41) is 2.68. The molecule has 0 saturated carbocycles. The molecule has 0 aliphatic heterocycles. The zero-order valence-electron chi connectivity index (χ0n) is 22.2. The van der Waals surface area contributed by atoms with Gasteiger partial charge in [0.2, 0.25) is 11.8 Å². The molecular weight excluding hydrogens is 602 g/mol. The fourth-order valence-corrected chi connectivity index (χ4v) is 5.81. The summed E-state index contributed by atoms with van der Waals surface area (Å²) in [6.07, 6.45) is -4.18. The molecule has 0 heterocycles. The summed E-state index contributed by atoms with van der Waals surface area (Å²) in [6.45, 7) is 2.53. The van der Waals surface area contributed by atoms with Crippen LogP contribution in [0.15, 0.2) is 77.7 Å². The van der Waals surface area contributed by atoms with Crippen LogP contribution >= 0.6 is 23.2 Å². The molecule has 1 atom stereocenters. The van der Waals surface area contributed by atoms with Crippen LogP contribution < -0.4 is 9.62 Å². The molecular formula is C28H28Cl2F3N3O4S. The maximum atomic E-state index is 13.9. The van der Waals surface area contributed by atoms with Crippen LogP contribution in [0.5, 0.6) is 0 Å². The van der Waals surface area contributed by atoms with Crippen LogP contribution in [0.25, 0.3) is 0 Å². The summed E-state index contributed by atoms with van der Waals surface area (Å²) < 4.78 is 68.9. The van der Waals surface area contributed by atoms with Crippen molar-refractivity contribution in [2.45, 2.75) is 43.9 Å². The first-order chi connectivity index (χ1) is 19.3. The average molecular weight is 631 g/mol. The molecule has 0 saturated heterocycles. The zero-order chi connectivity index (χ0) is 30.4. The number of anilines is 1. The Kier molecular flexibility index (Phi) is 10.7. The third-order valence-electron chi connectivity index (χ3n) is 6.17. The Morgan fingerprint density at radius 3 is 2.20 bits per heavy atom. The summed E-state index contributed by atoms with van der Waals surface area (Å²) >= 11 is 12.5. The molecule has 0 aliphatic carbocycles. The molecule has 1 unspecified atom stereocenters. The summed E-state index contributed by atoms with van der Waals surface area (Å²) in [5.74, 6) is -1.36. The van der Waals surface area contributed by atoms with Crippen LogP contribution in [0, 0.1) is 0 Å². The third-order valence-corrected chi connectivity index (χ3v) is 8.63. The number of sulfonamides is 1. The molecule has 0 fully saturated rings. The van der Waals surface area contributed by atoms with Crippen LogP contribution in [0.2, 0.25) is 10.0 Å². The van der Waals surface area contributed by atoms with Crippen LogP contribution in [0.4, 0.5) is 18.9 Å². The molecule has 0 bridgehead atoms. The Morgan fingerprint density at radius 1 is 0.951 bits per heavy atom. The van der Waals surface area contributed by atoms with Gasteiger partial charge in [-0.3, -0.25) is 13.9 Å². The van der Waals surface area contributed by atoms with Gasteiger partial charge in [0, 0.05) is 18.1 Å². The Hall–Kier alpha value is -3.28. The van der Waals surface area contributed by atoms with Crippen molar-refractivity contribution in [3.05, 3.63) is 94.0 Å². The van der Waals surface area contributed by atoms with Gasteiger partial charge in [-0.1, -0.05) is 66.5 Å². The number of carbonyl (C=O) groups excluding carboxylic acids is 2. The zero-order valence-corrected chi connectivity index (χ0v) is 24.5. The lowest BCUT2D eigenvalue weighted by atomic mass is 10.1. The topological polar surface area (TPSA) is 86.8 Å². The fourth-order valence-electron chi connectivity index (χ4n) is 3.90. The number of alkyl halides is 3. The van der Waals surface area contributed by atoms with Crippen LogP contribution in [0.1, 0.15) is 31.4 Å². The highest BCUT2D eigenvalue weighted by Gasteiger charge is 2.36. The average Bonchev–Trinajstić information content (AvgIpc) is 2.94.